The van der Waals surface area contributed by atoms with Gasteiger partial charge in [0.15, 0.2) is 0 Å². The Hall–Kier alpha value is -2.20. The Balaban J connectivity index is 1.93. The Morgan fingerprint density at radius 2 is 1.74 bits per heavy atom. The van der Waals surface area contributed by atoms with Crippen molar-refractivity contribution in [1.82, 2.24) is 0 Å². The third-order valence-electron chi connectivity index (χ3n) is 2.69. The minimum atomic E-state index is -0.940. The van der Waals surface area contributed by atoms with Crippen molar-refractivity contribution in [3.05, 3.63) is 66.0 Å². The molecule has 0 aliphatic rings. The van der Waals surface area contributed by atoms with E-state index in [2.05, 4.69) is 5.32 Å². The third kappa shape index (κ3) is 3.89. The molecular weight excluding hydrogens is 245 g/mol. The summed E-state index contributed by atoms with van der Waals surface area (Å²) >= 11 is 0. The van der Waals surface area contributed by atoms with E-state index in [0.29, 0.717) is 11.3 Å². The van der Waals surface area contributed by atoms with Gasteiger partial charge < -0.3 is 10.4 Å². The van der Waals surface area contributed by atoms with Gasteiger partial charge >= 0.3 is 0 Å². The lowest BCUT2D eigenvalue weighted by Crippen LogP contribution is -2.15. The van der Waals surface area contributed by atoms with Crippen molar-refractivity contribution in [3.8, 4) is 0 Å². The third-order valence-corrected chi connectivity index (χ3v) is 2.69. The molecule has 0 heterocycles. The van der Waals surface area contributed by atoms with Gasteiger partial charge in [0, 0.05) is 5.69 Å². The molecule has 0 aliphatic heterocycles. The lowest BCUT2D eigenvalue weighted by atomic mass is 10.1. The number of aliphatic hydroxyl groups is 1. The largest absolute Gasteiger partial charge is 0.388 e. The molecule has 1 amide bonds. The highest BCUT2D eigenvalue weighted by molar-refractivity contribution is 5.91. The second kappa shape index (κ2) is 6.11. The second-order valence-corrected chi connectivity index (χ2v) is 4.19. The van der Waals surface area contributed by atoms with E-state index in [1.165, 1.54) is 24.3 Å². The fourth-order valence-electron chi connectivity index (χ4n) is 1.71. The monoisotopic (exact) mass is 259 g/mol. The van der Waals surface area contributed by atoms with E-state index in [1.54, 1.807) is 12.1 Å². The Morgan fingerprint density at radius 3 is 2.37 bits per heavy atom. The van der Waals surface area contributed by atoms with E-state index < -0.39 is 6.10 Å². The van der Waals surface area contributed by atoms with Gasteiger partial charge in [-0.3, -0.25) is 4.79 Å². The SMILES string of the molecule is O=C(CC(O)c1ccc(F)cc1)Nc1ccccc1. The zero-order valence-corrected chi connectivity index (χ0v) is 10.2. The summed E-state index contributed by atoms with van der Waals surface area (Å²) in [6, 6.07) is 14.5. The Kier molecular flexibility index (Phi) is 4.26. The van der Waals surface area contributed by atoms with Crippen LogP contribution in [-0.2, 0) is 4.79 Å². The molecule has 0 aromatic heterocycles. The van der Waals surface area contributed by atoms with Crippen molar-refractivity contribution < 1.29 is 14.3 Å². The molecule has 0 aliphatic carbocycles. The lowest BCUT2D eigenvalue weighted by Gasteiger charge is -2.11. The Bertz CT molecular complexity index is 540. The van der Waals surface area contributed by atoms with E-state index in [-0.39, 0.29) is 18.1 Å². The Labute approximate surface area is 110 Å². The minimum Gasteiger partial charge on any atom is -0.388 e. The number of anilines is 1. The van der Waals surface area contributed by atoms with Gasteiger partial charge in [-0.2, -0.15) is 0 Å². The molecule has 3 nitrogen and oxygen atoms in total. The molecule has 0 spiro atoms. The van der Waals surface area contributed by atoms with Crippen molar-refractivity contribution in [2.45, 2.75) is 12.5 Å². The van der Waals surface area contributed by atoms with Crippen molar-refractivity contribution in [3.63, 3.8) is 0 Å². The van der Waals surface area contributed by atoms with Crippen LogP contribution in [0.5, 0.6) is 0 Å². The molecule has 19 heavy (non-hydrogen) atoms. The predicted molar refractivity (Wildman–Crippen MR) is 71.0 cm³/mol. The number of halogens is 1. The zero-order chi connectivity index (χ0) is 13.7. The molecule has 2 rings (SSSR count). The van der Waals surface area contributed by atoms with E-state index in [0.717, 1.165) is 0 Å². The number of hydrogen-bond donors (Lipinski definition) is 2. The fraction of sp³-hybridized carbons (Fsp3) is 0.133. The summed E-state index contributed by atoms with van der Waals surface area (Å²) in [5, 5.41) is 12.6. The van der Waals surface area contributed by atoms with Crippen LogP contribution in [0.1, 0.15) is 18.1 Å². The van der Waals surface area contributed by atoms with Crippen molar-refractivity contribution >= 4 is 11.6 Å². The van der Waals surface area contributed by atoms with Crippen LogP contribution in [0.2, 0.25) is 0 Å². The first-order chi connectivity index (χ1) is 9.15. The van der Waals surface area contributed by atoms with Crippen LogP contribution in [0.25, 0.3) is 0 Å². The number of rotatable bonds is 4. The number of carbonyl (C=O) groups is 1. The minimum absolute atomic E-state index is 0.0689. The second-order valence-electron chi connectivity index (χ2n) is 4.19. The summed E-state index contributed by atoms with van der Waals surface area (Å²) in [5.41, 5.74) is 1.20. The van der Waals surface area contributed by atoms with Gasteiger partial charge in [-0.05, 0) is 29.8 Å². The van der Waals surface area contributed by atoms with Crippen LogP contribution in [-0.4, -0.2) is 11.0 Å². The highest BCUT2D eigenvalue weighted by Gasteiger charge is 2.13. The van der Waals surface area contributed by atoms with Crippen LogP contribution < -0.4 is 5.32 Å². The molecule has 1 atom stereocenters. The number of aliphatic hydroxyl groups excluding tert-OH is 1. The molecule has 0 radical (unpaired) electrons. The van der Waals surface area contributed by atoms with Crippen LogP contribution >= 0.6 is 0 Å². The van der Waals surface area contributed by atoms with Crippen LogP contribution in [0.3, 0.4) is 0 Å². The molecule has 0 saturated heterocycles. The summed E-state index contributed by atoms with van der Waals surface area (Å²) in [7, 11) is 0. The molecule has 4 heteroatoms. The van der Waals surface area contributed by atoms with Crippen molar-refractivity contribution in [1.29, 1.82) is 0 Å². The first kappa shape index (κ1) is 13.2. The molecule has 2 aromatic carbocycles. The average molecular weight is 259 g/mol. The summed E-state index contributed by atoms with van der Waals surface area (Å²) in [5.74, 6) is -0.660. The van der Waals surface area contributed by atoms with Gasteiger partial charge in [0.05, 0.1) is 12.5 Å². The topological polar surface area (TPSA) is 49.3 Å². The molecule has 0 fully saturated rings. The van der Waals surface area contributed by atoms with Crippen LogP contribution in [0.4, 0.5) is 10.1 Å². The van der Waals surface area contributed by atoms with Gasteiger partial charge in [-0.25, -0.2) is 4.39 Å². The zero-order valence-electron chi connectivity index (χ0n) is 10.2. The highest BCUT2D eigenvalue weighted by atomic mass is 19.1. The van der Waals surface area contributed by atoms with Gasteiger partial charge in [0.2, 0.25) is 5.91 Å². The number of hydrogen-bond acceptors (Lipinski definition) is 2. The summed E-state index contributed by atoms with van der Waals surface area (Å²) in [6.07, 6.45) is -1.01. The van der Waals surface area contributed by atoms with E-state index in [1.807, 2.05) is 18.2 Å². The molecule has 1 unspecified atom stereocenters. The summed E-state index contributed by atoms with van der Waals surface area (Å²) in [6.45, 7) is 0. The number of amides is 1. The summed E-state index contributed by atoms with van der Waals surface area (Å²) < 4.78 is 12.7. The van der Waals surface area contributed by atoms with Gasteiger partial charge in [0.1, 0.15) is 5.82 Å². The van der Waals surface area contributed by atoms with Crippen LogP contribution in [0, 0.1) is 5.82 Å². The normalized spacial score (nSPS) is 11.9. The first-order valence-corrected chi connectivity index (χ1v) is 5.93. The maximum atomic E-state index is 12.7. The lowest BCUT2D eigenvalue weighted by molar-refractivity contribution is -0.118. The maximum Gasteiger partial charge on any atom is 0.227 e. The molecule has 98 valence electrons. The molecule has 0 saturated carbocycles. The maximum absolute atomic E-state index is 12.7. The standard InChI is InChI=1S/C15H14FNO2/c16-12-8-6-11(7-9-12)14(18)10-15(19)17-13-4-2-1-3-5-13/h1-9,14,18H,10H2,(H,17,19). The highest BCUT2D eigenvalue weighted by Crippen LogP contribution is 2.18. The van der Waals surface area contributed by atoms with E-state index in [4.69, 9.17) is 0 Å². The number of carbonyl (C=O) groups excluding carboxylic acids is 1. The first-order valence-electron chi connectivity index (χ1n) is 5.93. The number of nitrogens with one attached hydrogen (secondary N) is 1. The molecular formula is C15H14FNO2. The van der Waals surface area contributed by atoms with Crippen molar-refractivity contribution in [2.24, 2.45) is 0 Å². The molecule has 0 bridgehead atoms. The molecule has 2 N–H and O–H groups in total. The smallest absolute Gasteiger partial charge is 0.227 e. The van der Waals surface area contributed by atoms with E-state index in [9.17, 15) is 14.3 Å². The molecule has 2 aromatic rings. The number of benzene rings is 2. The van der Waals surface area contributed by atoms with Gasteiger partial charge in [0.25, 0.3) is 0 Å². The van der Waals surface area contributed by atoms with Gasteiger partial charge in [-0.15, -0.1) is 0 Å². The van der Waals surface area contributed by atoms with Crippen LogP contribution in [0.15, 0.2) is 54.6 Å². The van der Waals surface area contributed by atoms with Crippen molar-refractivity contribution in [2.75, 3.05) is 5.32 Å². The number of para-hydroxylation sites is 1. The van der Waals surface area contributed by atoms with E-state index >= 15 is 0 Å². The summed E-state index contributed by atoms with van der Waals surface area (Å²) in [4.78, 5) is 11.7. The fourth-order valence-corrected chi connectivity index (χ4v) is 1.71. The average Bonchev–Trinajstić information content (AvgIpc) is 2.40. The van der Waals surface area contributed by atoms with Gasteiger partial charge in [-0.1, -0.05) is 30.3 Å². The Morgan fingerprint density at radius 1 is 1.11 bits per heavy atom. The predicted octanol–water partition coefficient (Wildman–Crippen LogP) is 2.89. The quantitative estimate of drug-likeness (QED) is 0.887.